The SMILES string of the molecule is CC1CCN1c1cc(C(=O)O)ccc1Cl. The number of benzene rings is 1. The number of rotatable bonds is 2. The lowest BCUT2D eigenvalue weighted by Gasteiger charge is -2.41. The van der Waals surface area contributed by atoms with Crippen LogP contribution >= 0.6 is 11.6 Å². The smallest absolute Gasteiger partial charge is 0.335 e. The van der Waals surface area contributed by atoms with Gasteiger partial charge < -0.3 is 10.0 Å². The molecule has 1 aromatic rings. The zero-order chi connectivity index (χ0) is 11.0. The zero-order valence-corrected chi connectivity index (χ0v) is 9.16. The molecule has 0 saturated carbocycles. The van der Waals surface area contributed by atoms with Crippen molar-refractivity contribution in [2.75, 3.05) is 11.4 Å². The van der Waals surface area contributed by atoms with Crippen LogP contribution in [0.2, 0.25) is 5.02 Å². The number of hydrogen-bond donors (Lipinski definition) is 1. The molecule has 1 N–H and O–H groups in total. The molecule has 0 aliphatic carbocycles. The molecule has 0 amide bonds. The predicted molar refractivity (Wildman–Crippen MR) is 59.8 cm³/mol. The molecule has 1 saturated heterocycles. The largest absolute Gasteiger partial charge is 0.478 e. The Hall–Kier alpha value is -1.22. The number of nitrogens with zero attached hydrogens (tertiary/aromatic N) is 1. The maximum atomic E-state index is 10.8. The topological polar surface area (TPSA) is 40.5 Å². The molecule has 3 nitrogen and oxygen atoms in total. The van der Waals surface area contributed by atoms with Gasteiger partial charge in [0.15, 0.2) is 0 Å². The van der Waals surface area contributed by atoms with E-state index < -0.39 is 5.97 Å². The molecule has 0 spiro atoms. The van der Waals surface area contributed by atoms with E-state index in [2.05, 4.69) is 11.8 Å². The average Bonchev–Trinajstić information content (AvgIpc) is 2.18. The Morgan fingerprint density at radius 2 is 2.33 bits per heavy atom. The molecular formula is C11H12ClNO2. The number of carboxylic acids is 1. The van der Waals surface area contributed by atoms with E-state index in [1.54, 1.807) is 12.1 Å². The summed E-state index contributed by atoms with van der Waals surface area (Å²) >= 11 is 6.04. The van der Waals surface area contributed by atoms with E-state index in [1.165, 1.54) is 6.07 Å². The molecule has 4 heteroatoms. The van der Waals surface area contributed by atoms with E-state index in [0.717, 1.165) is 18.7 Å². The average molecular weight is 226 g/mol. The minimum absolute atomic E-state index is 0.286. The van der Waals surface area contributed by atoms with Crippen molar-refractivity contribution in [2.24, 2.45) is 0 Å². The third-order valence-electron chi connectivity index (χ3n) is 2.82. The van der Waals surface area contributed by atoms with Crippen LogP contribution in [0, 0.1) is 0 Å². The van der Waals surface area contributed by atoms with Gasteiger partial charge in [-0.15, -0.1) is 0 Å². The van der Waals surface area contributed by atoms with Gasteiger partial charge in [-0.1, -0.05) is 11.6 Å². The minimum Gasteiger partial charge on any atom is -0.478 e. The Balaban J connectivity index is 2.36. The normalized spacial score (nSPS) is 19.9. The summed E-state index contributed by atoms with van der Waals surface area (Å²) in [7, 11) is 0. The summed E-state index contributed by atoms with van der Waals surface area (Å²) in [6.45, 7) is 3.05. The summed E-state index contributed by atoms with van der Waals surface area (Å²) in [5, 5.41) is 9.49. The van der Waals surface area contributed by atoms with Crippen molar-refractivity contribution in [3.8, 4) is 0 Å². The summed E-state index contributed by atoms with van der Waals surface area (Å²) in [6.07, 6.45) is 1.13. The van der Waals surface area contributed by atoms with Crippen LogP contribution in [-0.4, -0.2) is 23.7 Å². The molecule has 2 rings (SSSR count). The number of anilines is 1. The number of aromatic carboxylic acids is 1. The summed E-state index contributed by atoms with van der Waals surface area (Å²) < 4.78 is 0. The van der Waals surface area contributed by atoms with Crippen LogP contribution in [0.25, 0.3) is 0 Å². The molecule has 1 aliphatic rings. The fourth-order valence-corrected chi connectivity index (χ4v) is 1.97. The van der Waals surface area contributed by atoms with Gasteiger partial charge in [-0.25, -0.2) is 4.79 Å². The first-order valence-corrected chi connectivity index (χ1v) is 5.27. The van der Waals surface area contributed by atoms with Crippen LogP contribution in [0.5, 0.6) is 0 Å². The second-order valence-corrected chi connectivity index (χ2v) is 4.21. The van der Waals surface area contributed by atoms with Crippen LogP contribution in [-0.2, 0) is 0 Å². The highest BCUT2D eigenvalue weighted by Gasteiger charge is 2.25. The Morgan fingerprint density at radius 1 is 1.60 bits per heavy atom. The third kappa shape index (κ3) is 1.79. The van der Waals surface area contributed by atoms with E-state index in [0.29, 0.717) is 11.1 Å². The number of carbonyl (C=O) groups is 1. The van der Waals surface area contributed by atoms with Crippen molar-refractivity contribution in [1.82, 2.24) is 0 Å². The molecular weight excluding hydrogens is 214 g/mol. The van der Waals surface area contributed by atoms with Crippen molar-refractivity contribution in [3.05, 3.63) is 28.8 Å². The summed E-state index contributed by atoms with van der Waals surface area (Å²) in [5.41, 5.74) is 1.11. The highest BCUT2D eigenvalue weighted by atomic mass is 35.5. The summed E-state index contributed by atoms with van der Waals surface area (Å²) in [4.78, 5) is 12.9. The maximum absolute atomic E-state index is 10.8. The fraction of sp³-hybridized carbons (Fsp3) is 0.364. The first kappa shape index (κ1) is 10.3. The van der Waals surface area contributed by atoms with Gasteiger partial charge in [-0.3, -0.25) is 0 Å². The van der Waals surface area contributed by atoms with Crippen LogP contribution in [0.3, 0.4) is 0 Å². The molecule has 1 fully saturated rings. The molecule has 0 radical (unpaired) electrons. The van der Waals surface area contributed by atoms with Gasteiger partial charge in [0.25, 0.3) is 0 Å². The second-order valence-electron chi connectivity index (χ2n) is 3.80. The molecule has 80 valence electrons. The molecule has 1 aromatic carbocycles. The lowest BCUT2D eigenvalue weighted by atomic mass is 10.0. The zero-order valence-electron chi connectivity index (χ0n) is 8.40. The predicted octanol–water partition coefficient (Wildman–Crippen LogP) is 2.64. The van der Waals surface area contributed by atoms with Crippen molar-refractivity contribution in [1.29, 1.82) is 0 Å². The standard InChI is InChI=1S/C11H12ClNO2/c1-7-4-5-13(7)10-6-8(11(14)15)2-3-9(10)12/h2-3,6-7H,4-5H2,1H3,(H,14,15). The van der Waals surface area contributed by atoms with Gasteiger partial charge in [0.2, 0.25) is 0 Å². The molecule has 0 bridgehead atoms. The summed E-state index contributed by atoms with van der Waals surface area (Å²) in [6, 6.07) is 5.26. The Morgan fingerprint density at radius 3 is 2.80 bits per heavy atom. The maximum Gasteiger partial charge on any atom is 0.335 e. The first-order valence-electron chi connectivity index (χ1n) is 4.89. The molecule has 1 heterocycles. The van der Waals surface area contributed by atoms with Gasteiger partial charge in [0.05, 0.1) is 16.3 Å². The van der Waals surface area contributed by atoms with E-state index in [1.807, 2.05) is 0 Å². The monoisotopic (exact) mass is 225 g/mol. The Bertz CT molecular complexity index is 406. The van der Waals surface area contributed by atoms with Crippen molar-refractivity contribution in [2.45, 2.75) is 19.4 Å². The van der Waals surface area contributed by atoms with Crippen LogP contribution < -0.4 is 4.90 Å². The van der Waals surface area contributed by atoms with Crippen LogP contribution in [0.4, 0.5) is 5.69 Å². The van der Waals surface area contributed by atoms with Crippen LogP contribution in [0.1, 0.15) is 23.7 Å². The van der Waals surface area contributed by atoms with Gasteiger partial charge in [-0.2, -0.15) is 0 Å². The molecule has 0 aromatic heterocycles. The highest BCUT2D eigenvalue weighted by molar-refractivity contribution is 6.33. The molecule has 1 atom stereocenters. The fourth-order valence-electron chi connectivity index (χ4n) is 1.74. The highest BCUT2D eigenvalue weighted by Crippen LogP contribution is 2.33. The first-order chi connectivity index (χ1) is 7.09. The van der Waals surface area contributed by atoms with Crippen molar-refractivity contribution < 1.29 is 9.90 Å². The Kier molecular flexibility index (Phi) is 2.57. The lowest BCUT2D eigenvalue weighted by Crippen LogP contribution is -2.45. The minimum atomic E-state index is -0.916. The lowest BCUT2D eigenvalue weighted by molar-refractivity contribution is 0.0697. The number of halogens is 1. The second kappa shape index (κ2) is 3.74. The molecule has 15 heavy (non-hydrogen) atoms. The van der Waals surface area contributed by atoms with E-state index in [9.17, 15) is 4.79 Å². The Labute approximate surface area is 93.3 Å². The molecule has 1 unspecified atom stereocenters. The van der Waals surface area contributed by atoms with E-state index in [4.69, 9.17) is 16.7 Å². The van der Waals surface area contributed by atoms with E-state index >= 15 is 0 Å². The van der Waals surface area contributed by atoms with Crippen LogP contribution in [0.15, 0.2) is 18.2 Å². The van der Waals surface area contributed by atoms with Gasteiger partial charge >= 0.3 is 5.97 Å². The van der Waals surface area contributed by atoms with Gasteiger partial charge in [0.1, 0.15) is 0 Å². The van der Waals surface area contributed by atoms with Gasteiger partial charge in [0, 0.05) is 12.6 Å². The third-order valence-corrected chi connectivity index (χ3v) is 3.14. The van der Waals surface area contributed by atoms with Gasteiger partial charge in [-0.05, 0) is 31.5 Å². The van der Waals surface area contributed by atoms with E-state index in [-0.39, 0.29) is 5.56 Å². The number of carboxylic acid groups (broad SMARTS) is 1. The quantitative estimate of drug-likeness (QED) is 0.841. The summed E-state index contributed by atoms with van der Waals surface area (Å²) in [5.74, 6) is -0.916. The molecule has 1 aliphatic heterocycles. The van der Waals surface area contributed by atoms with Crippen molar-refractivity contribution >= 4 is 23.3 Å². The number of hydrogen-bond acceptors (Lipinski definition) is 2. The van der Waals surface area contributed by atoms with Crippen molar-refractivity contribution in [3.63, 3.8) is 0 Å².